The van der Waals surface area contributed by atoms with E-state index in [-0.39, 0.29) is 5.56 Å². The minimum absolute atomic E-state index is 0.163. The first-order valence-electron chi connectivity index (χ1n) is 4.68. The van der Waals surface area contributed by atoms with E-state index in [4.69, 9.17) is 4.84 Å². The predicted molar refractivity (Wildman–Crippen MR) is 58.0 cm³/mol. The maximum absolute atomic E-state index is 11.9. The highest BCUT2D eigenvalue weighted by molar-refractivity contribution is 5.78. The largest absolute Gasteiger partial charge is 0.412 e. The molecule has 0 unspecified atom stereocenters. The van der Waals surface area contributed by atoms with Crippen molar-refractivity contribution in [2.45, 2.75) is 13.8 Å². The predicted octanol–water partition coefficient (Wildman–Crippen LogP) is 1.07. The van der Waals surface area contributed by atoms with Gasteiger partial charge in [0.25, 0.3) is 5.56 Å². The third kappa shape index (κ3) is 1.48. The van der Waals surface area contributed by atoms with Gasteiger partial charge in [-0.25, -0.2) is 4.98 Å². The first kappa shape index (κ1) is 9.71. The summed E-state index contributed by atoms with van der Waals surface area (Å²) in [7, 11) is 1.46. The summed E-state index contributed by atoms with van der Waals surface area (Å²) in [6.07, 6.45) is 0. The molecule has 0 aliphatic carbocycles. The molecule has 0 amide bonds. The molecule has 0 atom stereocenters. The highest BCUT2D eigenvalue weighted by atomic mass is 16.7. The van der Waals surface area contributed by atoms with Gasteiger partial charge < -0.3 is 4.84 Å². The van der Waals surface area contributed by atoms with Crippen LogP contribution in [-0.2, 0) is 0 Å². The summed E-state index contributed by atoms with van der Waals surface area (Å²) < 4.78 is 1.20. The third-order valence-corrected chi connectivity index (χ3v) is 2.33. The molecular weight excluding hydrogens is 192 g/mol. The van der Waals surface area contributed by atoms with Crippen molar-refractivity contribution in [3.8, 4) is 0 Å². The van der Waals surface area contributed by atoms with Gasteiger partial charge in [-0.1, -0.05) is 11.6 Å². The van der Waals surface area contributed by atoms with Crippen LogP contribution in [0.25, 0.3) is 10.9 Å². The number of hydrogen-bond acceptors (Lipinski definition) is 3. The fourth-order valence-corrected chi connectivity index (χ4v) is 1.61. The Bertz CT molecular complexity index is 573. The fourth-order valence-electron chi connectivity index (χ4n) is 1.61. The number of benzene rings is 1. The Hall–Kier alpha value is -1.84. The Morgan fingerprint density at radius 1 is 1.33 bits per heavy atom. The molecule has 0 radical (unpaired) electrons. The average molecular weight is 204 g/mol. The van der Waals surface area contributed by atoms with Gasteiger partial charge in [0.15, 0.2) is 0 Å². The smallest absolute Gasteiger partial charge is 0.294 e. The van der Waals surface area contributed by atoms with Crippen LogP contribution in [-0.4, -0.2) is 16.8 Å². The van der Waals surface area contributed by atoms with Crippen LogP contribution in [0.5, 0.6) is 0 Å². The standard InChI is InChI=1S/C11H12N2O2/c1-7-4-5-10-9(6-7)11(14)13(15-3)8(2)12-10/h4-6H,1-3H3. The second-order valence-electron chi connectivity index (χ2n) is 3.46. The number of nitrogens with zero attached hydrogens (tertiary/aromatic N) is 2. The number of aryl methyl sites for hydroxylation is 2. The molecule has 0 saturated heterocycles. The molecule has 78 valence electrons. The van der Waals surface area contributed by atoms with Gasteiger partial charge in [-0.05, 0) is 26.0 Å². The van der Waals surface area contributed by atoms with Crippen molar-refractivity contribution in [3.63, 3.8) is 0 Å². The SMILES string of the molecule is COn1c(C)nc2ccc(C)cc2c1=O. The summed E-state index contributed by atoms with van der Waals surface area (Å²) in [5, 5.41) is 0.586. The molecule has 2 aromatic rings. The lowest BCUT2D eigenvalue weighted by atomic mass is 10.2. The molecule has 15 heavy (non-hydrogen) atoms. The molecule has 4 heteroatoms. The van der Waals surface area contributed by atoms with Gasteiger partial charge in [-0.3, -0.25) is 4.79 Å². The molecule has 0 aliphatic heterocycles. The zero-order chi connectivity index (χ0) is 11.0. The first-order valence-corrected chi connectivity index (χ1v) is 4.68. The van der Waals surface area contributed by atoms with E-state index in [1.54, 1.807) is 6.92 Å². The van der Waals surface area contributed by atoms with Crippen LogP contribution in [0.15, 0.2) is 23.0 Å². The quantitative estimate of drug-likeness (QED) is 0.698. The zero-order valence-corrected chi connectivity index (χ0v) is 8.94. The van der Waals surface area contributed by atoms with E-state index in [0.717, 1.165) is 5.56 Å². The summed E-state index contributed by atoms with van der Waals surface area (Å²) in [4.78, 5) is 21.2. The van der Waals surface area contributed by atoms with Crippen molar-refractivity contribution in [2.75, 3.05) is 7.11 Å². The lowest BCUT2D eigenvalue weighted by Crippen LogP contribution is -2.28. The van der Waals surface area contributed by atoms with Gasteiger partial charge >= 0.3 is 0 Å². The Morgan fingerprint density at radius 2 is 2.07 bits per heavy atom. The molecule has 0 fully saturated rings. The van der Waals surface area contributed by atoms with Crippen molar-refractivity contribution >= 4 is 10.9 Å². The van der Waals surface area contributed by atoms with E-state index in [0.29, 0.717) is 16.7 Å². The van der Waals surface area contributed by atoms with Crippen LogP contribution in [0.4, 0.5) is 0 Å². The van der Waals surface area contributed by atoms with Gasteiger partial charge in [0.05, 0.1) is 10.9 Å². The van der Waals surface area contributed by atoms with Crippen LogP contribution in [0, 0.1) is 13.8 Å². The lowest BCUT2D eigenvalue weighted by molar-refractivity contribution is 0.149. The minimum Gasteiger partial charge on any atom is -0.412 e. The van der Waals surface area contributed by atoms with Crippen molar-refractivity contribution < 1.29 is 4.84 Å². The summed E-state index contributed by atoms with van der Waals surface area (Å²) >= 11 is 0. The van der Waals surface area contributed by atoms with Gasteiger partial charge in [-0.15, -0.1) is 4.73 Å². The number of hydrogen-bond donors (Lipinski definition) is 0. The van der Waals surface area contributed by atoms with Gasteiger partial charge in [0.2, 0.25) is 0 Å². The molecular formula is C11H12N2O2. The molecule has 1 aromatic carbocycles. The van der Waals surface area contributed by atoms with E-state index in [2.05, 4.69) is 4.98 Å². The van der Waals surface area contributed by atoms with Crippen LogP contribution >= 0.6 is 0 Å². The second-order valence-corrected chi connectivity index (χ2v) is 3.46. The molecule has 0 saturated carbocycles. The Morgan fingerprint density at radius 3 is 2.73 bits per heavy atom. The number of aromatic nitrogens is 2. The summed E-state index contributed by atoms with van der Waals surface area (Å²) in [5.74, 6) is 0.554. The van der Waals surface area contributed by atoms with Gasteiger partial charge in [0.1, 0.15) is 12.9 Å². The highest BCUT2D eigenvalue weighted by Crippen LogP contribution is 2.09. The summed E-state index contributed by atoms with van der Waals surface area (Å²) in [6.45, 7) is 3.68. The molecule has 0 bridgehead atoms. The molecule has 0 aliphatic rings. The van der Waals surface area contributed by atoms with Crippen LogP contribution in [0.3, 0.4) is 0 Å². The normalized spacial score (nSPS) is 10.6. The molecule has 0 spiro atoms. The van der Waals surface area contributed by atoms with E-state index in [1.165, 1.54) is 11.8 Å². The van der Waals surface area contributed by atoms with E-state index in [9.17, 15) is 4.79 Å². The number of fused-ring (bicyclic) bond motifs is 1. The maximum atomic E-state index is 11.9. The zero-order valence-electron chi connectivity index (χ0n) is 8.94. The van der Waals surface area contributed by atoms with Crippen LogP contribution in [0.1, 0.15) is 11.4 Å². The monoisotopic (exact) mass is 204 g/mol. The van der Waals surface area contributed by atoms with Crippen molar-refractivity contribution in [3.05, 3.63) is 39.9 Å². The molecule has 4 nitrogen and oxygen atoms in total. The highest BCUT2D eigenvalue weighted by Gasteiger charge is 2.07. The second kappa shape index (κ2) is 3.38. The first-order chi connectivity index (χ1) is 7.13. The third-order valence-electron chi connectivity index (χ3n) is 2.33. The Kier molecular flexibility index (Phi) is 2.19. The average Bonchev–Trinajstić information content (AvgIpc) is 2.20. The minimum atomic E-state index is -0.163. The van der Waals surface area contributed by atoms with Gasteiger partial charge in [0, 0.05) is 0 Å². The van der Waals surface area contributed by atoms with Crippen LogP contribution < -0.4 is 10.4 Å². The fraction of sp³-hybridized carbons (Fsp3) is 0.273. The maximum Gasteiger partial charge on any atom is 0.294 e. The Labute approximate surface area is 87.1 Å². The molecule has 0 N–H and O–H groups in total. The molecule has 2 rings (SSSR count). The van der Waals surface area contributed by atoms with E-state index in [1.807, 2.05) is 25.1 Å². The van der Waals surface area contributed by atoms with Crippen molar-refractivity contribution in [1.29, 1.82) is 0 Å². The number of rotatable bonds is 1. The van der Waals surface area contributed by atoms with E-state index < -0.39 is 0 Å². The van der Waals surface area contributed by atoms with Crippen molar-refractivity contribution in [2.24, 2.45) is 0 Å². The Balaban J connectivity index is 2.92. The molecule has 1 aromatic heterocycles. The van der Waals surface area contributed by atoms with Crippen molar-refractivity contribution in [1.82, 2.24) is 9.71 Å². The lowest BCUT2D eigenvalue weighted by Gasteiger charge is -2.08. The topological polar surface area (TPSA) is 44.1 Å². The summed E-state index contributed by atoms with van der Waals surface area (Å²) in [6, 6.07) is 5.60. The molecule has 1 heterocycles. The van der Waals surface area contributed by atoms with Crippen LogP contribution in [0.2, 0.25) is 0 Å². The van der Waals surface area contributed by atoms with E-state index >= 15 is 0 Å². The van der Waals surface area contributed by atoms with Gasteiger partial charge in [-0.2, -0.15) is 0 Å². The summed E-state index contributed by atoms with van der Waals surface area (Å²) in [5.41, 5.74) is 1.58.